The van der Waals surface area contributed by atoms with Gasteiger partial charge in [0.25, 0.3) is 5.69 Å². The van der Waals surface area contributed by atoms with Gasteiger partial charge in [-0.1, -0.05) is 0 Å². The second-order valence-corrected chi connectivity index (χ2v) is 3.55. The van der Waals surface area contributed by atoms with Crippen LogP contribution in [0.5, 0.6) is 0 Å². The number of hydrogen-bond acceptors (Lipinski definition) is 6. The molecule has 96 valence electrons. The fourth-order valence-electron chi connectivity index (χ4n) is 1.49. The molecule has 0 unspecified atom stereocenters. The van der Waals surface area contributed by atoms with E-state index in [1.165, 1.54) is 43.8 Å². The summed E-state index contributed by atoms with van der Waals surface area (Å²) >= 11 is 0. The van der Waals surface area contributed by atoms with Crippen molar-refractivity contribution in [1.29, 1.82) is 0 Å². The molecule has 8 nitrogen and oxygen atoms in total. The Balaban J connectivity index is 2.49. The summed E-state index contributed by atoms with van der Waals surface area (Å²) in [5, 5.41) is 10.7. The first-order valence-electron chi connectivity index (χ1n) is 5.27. The Morgan fingerprint density at radius 1 is 1.26 bits per heavy atom. The second kappa shape index (κ2) is 5.17. The largest absolute Gasteiger partial charge is 0.274 e. The minimum atomic E-state index is -0.555. The molecular weight excluding hydrogens is 250 g/mol. The maximum absolute atomic E-state index is 11.7. The molecule has 2 aromatic heterocycles. The van der Waals surface area contributed by atoms with E-state index in [-0.39, 0.29) is 23.2 Å². The summed E-state index contributed by atoms with van der Waals surface area (Å²) in [6.07, 6.45) is 5.52. The highest BCUT2D eigenvalue weighted by molar-refractivity contribution is 5.97. The molecule has 0 fully saturated rings. The van der Waals surface area contributed by atoms with E-state index in [1.54, 1.807) is 0 Å². The van der Waals surface area contributed by atoms with Crippen LogP contribution >= 0.6 is 0 Å². The first kappa shape index (κ1) is 12.6. The van der Waals surface area contributed by atoms with Crippen LogP contribution in [0.2, 0.25) is 0 Å². The highest BCUT2D eigenvalue weighted by Crippen LogP contribution is 2.24. The summed E-state index contributed by atoms with van der Waals surface area (Å²) in [6, 6.07) is 2.45. The molecule has 2 aromatic rings. The first-order valence-corrected chi connectivity index (χ1v) is 5.27. The summed E-state index contributed by atoms with van der Waals surface area (Å²) in [7, 11) is 0. The lowest BCUT2D eigenvalue weighted by atomic mass is 10.3. The Kier molecular flexibility index (Phi) is 3.42. The van der Waals surface area contributed by atoms with Gasteiger partial charge < -0.3 is 0 Å². The van der Waals surface area contributed by atoms with Gasteiger partial charge in [-0.05, 0) is 0 Å². The zero-order chi connectivity index (χ0) is 13.8. The van der Waals surface area contributed by atoms with E-state index in [2.05, 4.69) is 15.0 Å². The minimum absolute atomic E-state index is 0.127. The van der Waals surface area contributed by atoms with Crippen LogP contribution in [0.3, 0.4) is 0 Å². The molecule has 19 heavy (non-hydrogen) atoms. The van der Waals surface area contributed by atoms with Gasteiger partial charge in [0.05, 0.1) is 17.2 Å². The number of aromatic nitrogens is 3. The number of amides is 1. The SMILES string of the molecule is CC(=O)N(c1cnccn1)c1cc([N+](=O)[O-])ccn1. The predicted octanol–water partition coefficient (Wildman–Crippen LogP) is 1.46. The molecule has 0 bridgehead atoms. The van der Waals surface area contributed by atoms with Crippen LogP contribution in [-0.4, -0.2) is 25.8 Å². The van der Waals surface area contributed by atoms with Crippen LogP contribution in [-0.2, 0) is 4.79 Å². The first-order chi connectivity index (χ1) is 9.09. The Bertz CT molecular complexity index is 617. The van der Waals surface area contributed by atoms with Crippen molar-refractivity contribution in [2.45, 2.75) is 6.92 Å². The normalized spacial score (nSPS) is 9.95. The molecule has 0 radical (unpaired) electrons. The van der Waals surface area contributed by atoms with Gasteiger partial charge in [-0.25, -0.2) is 14.9 Å². The molecule has 0 aliphatic heterocycles. The Labute approximate surface area is 107 Å². The molecule has 0 N–H and O–H groups in total. The molecule has 0 aromatic carbocycles. The molecular formula is C11H9N5O3. The van der Waals surface area contributed by atoms with Crippen LogP contribution in [0.1, 0.15) is 6.92 Å². The fourth-order valence-corrected chi connectivity index (χ4v) is 1.49. The van der Waals surface area contributed by atoms with Crippen molar-refractivity contribution in [1.82, 2.24) is 15.0 Å². The molecule has 0 aliphatic rings. The van der Waals surface area contributed by atoms with E-state index in [1.807, 2.05) is 0 Å². The van der Waals surface area contributed by atoms with Gasteiger partial charge in [0.1, 0.15) is 5.82 Å². The Morgan fingerprint density at radius 3 is 2.58 bits per heavy atom. The van der Waals surface area contributed by atoms with E-state index >= 15 is 0 Å². The van der Waals surface area contributed by atoms with Gasteiger partial charge in [0.15, 0.2) is 5.82 Å². The van der Waals surface area contributed by atoms with E-state index < -0.39 is 4.92 Å². The Hall–Kier alpha value is -2.90. The molecule has 8 heteroatoms. The van der Waals surface area contributed by atoms with Crippen molar-refractivity contribution >= 4 is 23.2 Å². The van der Waals surface area contributed by atoms with Crippen LogP contribution < -0.4 is 4.90 Å². The van der Waals surface area contributed by atoms with Crippen LogP contribution in [0.4, 0.5) is 17.3 Å². The fraction of sp³-hybridized carbons (Fsp3) is 0.0909. The summed E-state index contributed by atoms with van der Waals surface area (Å²) in [5.74, 6) is 0.0127. The van der Waals surface area contributed by atoms with Gasteiger partial charge in [0, 0.05) is 31.6 Å². The molecule has 2 heterocycles. The van der Waals surface area contributed by atoms with Gasteiger partial charge in [-0.15, -0.1) is 0 Å². The van der Waals surface area contributed by atoms with Crippen LogP contribution in [0.15, 0.2) is 36.9 Å². The highest BCUT2D eigenvalue weighted by atomic mass is 16.6. The smallest absolute Gasteiger partial charge is 0.274 e. The van der Waals surface area contributed by atoms with E-state index in [0.29, 0.717) is 0 Å². The third-order valence-corrected chi connectivity index (χ3v) is 2.26. The molecule has 2 rings (SSSR count). The number of anilines is 2. The predicted molar refractivity (Wildman–Crippen MR) is 65.7 cm³/mol. The lowest BCUT2D eigenvalue weighted by molar-refractivity contribution is -0.384. The second-order valence-electron chi connectivity index (χ2n) is 3.55. The molecule has 1 amide bonds. The molecule has 0 saturated carbocycles. The van der Waals surface area contributed by atoms with Gasteiger partial charge in [-0.3, -0.25) is 19.9 Å². The number of pyridine rings is 1. The number of hydrogen-bond donors (Lipinski definition) is 0. The third kappa shape index (κ3) is 2.68. The van der Waals surface area contributed by atoms with Gasteiger partial charge in [-0.2, -0.15) is 0 Å². The summed E-state index contributed by atoms with van der Waals surface area (Å²) in [4.78, 5) is 34.8. The van der Waals surface area contributed by atoms with Gasteiger partial charge >= 0.3 is 0 Å². The average Bonchev–Trinajstić information content (AvgIpc) is 2.40. The van der Waals surface area contributed by atoms with Crippen LogP contribution in [0.25, 0.3) is 0 Å². The monoisotopic (exact) mass is 259 g/mol. The Morgan fingerprint density at radius 2 is 2.00 bits per heavy atom. The number of rotatable bonds is 3. The van der Waals surface area contributed by atoms with Crippen LogP contribution in [0, 0.1) is 10.1 Å². The van der Waals surface area contributed by atoms with Crippen molar-refractivity contribution in [2.24, 2.45) is 0 Å². The number of carbonyl (C=O) groups is 1. The topological polar surface area (TPSA) is 102 Å². The quantitative estimate of drug-likeness (QED) is 0.610. The molecule has 0 spiro atoms. The maximum atomic E-state index is 11.7. The van der Waals surface area contributed by atoms with Crippen molar-refractivity contribution in [3.8, 4) is 0 Å². The molecule has 0 aliphatic carbocycles. The number of nitro groups is 1. The van der Waals surface area contributed by atoms with E-state index in [0.717, 1.165) is 4.90 Å². The lowest BCUT2D eigenvalue weighted by Gasteiger charge is -2.17. The van der Waals surface area contributed by atoms with Crippen molar-refractivity contribution < 1.29 is 9.72 Å². The number of nitrogens with zero attached hydrogens (tertiary/aromatic N) is 5. The van der Waals surface area contributed by atoms with Gasteiger partial charge in [0.2, 0.25) is 5.91 Å². The van der Waals surface area contributed by atoms with Crippen molar-refractivity contribution in [2.75, 3.05) is 4.90 Å². The van der Waals surface area contributed by atoms with E-state index in [4.69, 9.17) is 0 Å². The highest BCUT2D eigenvalue weighted by Gasteiger charge is 2.19. The zero-order valence-electron chi connectivity index (χ0n) is 9.92. The third-order valence-electron chi connectivity index (χ3n) is 2.26. The van der Waals surface area contributed by atoms with Crippen molar-refractivity contribution in [3.63, 3.8) is 0 Å². The summed E-state index contributed by atoms with van der Waals surface area (Å²) < 4.78 is 0. The lowest BCUT2D eigenvalue weighted by Crippen LogP contribution is -2.24. The molecule has 0 atom stereocenters. The minimum Gasteiger partial charge on any atom is -0.274 e. The summed E-state index contributed by atoms with van der Waals surface area (Å²) in [5.41, 5.74) is -0.153. The summed E-state index contributed by atoms with van der Waals surface area (Å²) in [6.45, 7) is 1.31. The standard InChI is InChI=1S/C11H9N5O3/c1-8(17)15(11-7-12-4-5-14-11)10-6-9(16(18)19)2-3-13-10/h2-7H,1H3. The molecule has 0 saturated heterocycles. The van der Waals surface area contributed by atoms with E-state index in [9.17, 15) is 14.9 Å². The van der Waals surface area contributed by atoms with Crippen molar-refractivity contribution in [3.05, 3.63) is 47.0 Å². The zero-order valence-corrected chi connectivity index (χ0v) is 9.92. The number of carbonyl (C=O) groups excluding carboxylic acids is 1. The maximum Gasteiger partial charge on any atom is 0.274 e. The average molecular weight is 259 g/mol.